The van der Waals surface area contributed by atoms with Crippen molar-refractivity contribution < 1.29 is 8.42 Å². The molecule has 4 nitrogen and oxygen atoms in total. The number of nitrogens with two attached hydrogens (primary N) is 1. The lowest BCUT2D eigenvalue weighted by Gasteiger charge is -2.18. The average molecular weight is 256 g/mol. The summed E-state index contributed by atoms with van der Waals surface area (Å²) in [5.74, 6) is -0.0277. The highest BCUT2D eigenvalue weighted by molar-refractivity contribution is 7.89. The zero-order valence-corrected chi connectivity index (χ0v) is 10.9. The van der Waals surface area contributed by atoms with Crippen LogP contribution in [0.4, 0.5) is 0 Å². The predicted molar refractivity (Wildman–Crippen MR) is 70.1 cm³/mol. The summed E-state index contributed by atoms with van der Waals surface area (Å²) < 4.78 is 21.7. The van der Waals surface area contributed by atoms with Crippen molar-refractivity contribution in [1.82, 2.24) is 5.32 Å². The Labute approximate surface area is 103 Å². The molecular formula is C12H20N2O2S. The number of sulfonamides is 1. The van der Waals surface area contributed by atoms with Crippen LogP contribution in [-0.4, -0.2) is 20.7 Å². The molecule has 96 valence electrons. The first-order valence-electron chi connectivity index (χ1n) is 5.81. The van der Waals surface area contributed by atoms with Gasteiger partial charge in [-0.3, -0.25) is 0 Å². The summed E-state index contributed by atoms with van der Waals surface area (Å²) in [4.78, 5) is 0. The molecule has 1 aromatic carbocycles. The second kappa shape index (κ2) is 6.74. The molecule has 17 heavy (non-hydrogen) atoms. The van der Waals surface area contributed by atoms with E-state index < -0.39 is 10.0 Å². The van der Waals surface area contributed by atoms with E-state index in [1.807, 2.05) is 30.3 Å². The minimum atomic E-state index is -3.38. The van der Waals surface area contributed by atoms with Gasteiger partial charge in [-0.15, -0.1) is 0 Å². The van der Waals surface area contributed by atoms with Crippen LogP contribution in [0.5, 0.6) is 0 Å². The Balaban J connectivity index is 2.56. The van der Waals surface area contributed by atoms with E-state index in [1.165, 1.54) is 5.56 Å². The fourth-order valence-electron chi connectivity index (χ4n) is 1.74. The van der Waals surface area contributed by atoms with Gasteiger partial charge in [0.05, 0.1) is 5.75 Å². The van der Waals surface area contributed by atoms with Crippen LogP contribution in [0.15, 0.2) is 30.3 Å². The molecule has 5 heteroatoms. The van der Waals surface area contributed by atoms with Crippen molar-refractivity contribution in [2.24, 2.45) is 5.14 Å². The predicted octanol–water partition coefficient (Wildman–Crippen LogP) is 1.41. The number of hydrogen-bond acceptors (Lipinski definition) is 3. The normalized spacial score (nSPS) is 13.5. The van der Waals surface area contributed by atoms with E-state index in [0.717, 1.165) is 12.8 Å². The maximum absolute atomic E-state index is 10.8. The third-order valence-corrected chi connectivity index (χ3v) is 3.33. The maximum atomic E-state index is 10.8. The van der Waals surface area contributed by atoms with Crippen molar-refractivity contribution in [3.8, 4) is 0 Å². The lowest BCUT2D eigenvalue weighted by Crippen LogP contribution is -2.30. The van der Waals surface area contributed by atoms with Crippen LogP contribution < -0.4 is 10.5 Å². The summed E-state index contributed by atoms with van der Waals surface area (Å²) >= 11 is 0. The van der Waals surface area contributed by atoms with Gasteiger partial charge in [-0.05, 0) is 12.0 Å². The smallest absolute Gasteiger partial charge is 0.210 e. The minimum Gasteiger partial charge on any atom is -0.309 e. The lowest BCUT2D eigenvalue weighted by molar-refractivity contribution is 0.506. The van der Waals surface area contributed by atoms with Crippen molar-refractivity contribution in [1.29, 1.82) is 0 Å². The number of hydrogen-bond donors (Lipinski definition) is 2. The van der Waals surface area contributed by atoms with E-state index in [2.05, 4.69) is 12.2 Å². The zero-order chi connectivity index (χ0) is 12.7. The van der Waals surface area contributed by atoms with Crippen molar-refractivity contribution in [3.63, 3.8) is 0 Å². The molecule has 1 atom stereocenters. The SMILES string of the molecule is CCCC(NCCS(N)(=O)=O)c1ccccc1. The maximum Gasteiger partial charge on any atom is 0.210 e. The topological polar surface area (TPSA) is 72.2 Å². The minimum absolute atomic E-state index is 0.0277. The average Bonchev–Trinajstić information content (AvgIpc) is 2.27. The van der Waals surface area contributed by atoms with Gasteiger partial charge in [0.15, 0.2) is 0 Å². The molecule has 0 bridgehead atoms. The van der Waals surface area contributed by atoms with Gasteiger partial charge in [-0.25, -0.2) is 13.6 Å². The van der Waals surface area contributed by atoms with Crippen LogP contribution in [0.2, 0.25) is 0 Å². The first-order chi connectivity index (χ1) is 8.03. The molecule has 0 aromatic heterocycles. The Kier molecular flexibility index (Phi) is 5.61. The van der Waals surface area contributed by atoms with Gasteiger partial charge in [0, 0.05) is 12.6 Å². The lowest BCUT2D eigenvalue weighted by atomic mass is 10.0. The fourth-order valence-corrected chi connectivity index (χ4v) is 2.14. The third-order valence-electron chi connectivity index (χ3n) is 2.56. The van der Waals surface area contributed by atoms with Crippen molar-refractivity contribution in [2.45, 2.75) is 25.8 Å². The Bertz CT molecular complexity index is 417. The molecule has 0 spiro atoms. The molecule has 0 amide bonds. The molecule has 0 fully saturated rings. The molecular weight excluding hydrogens is 236 g/mol. The Hall–Kier alpha value is -0.910. The van der Waals surface area contributed by atoms with Crippen LogP contribution in [0, 0.1) is 0 Å². The van der Waals surface area contributed by atoms with Gasteiger partial charge in [-0.2, -0.15) is 0 Å². The molecule has 0 radical (unpaired) electrons. The van der Waals surface area contributed by atoms with Crippen LogP contribution >= 0.6 is 0 Å². The van der Waals surface area contributed by atoms with Crippen LogP contribution in [-0.2, 0) is 10.0 Å². The van der Waals surface area contributed by atoms with E-state index in [9.17, 15) is 8.42 Å². The van der Waals surface area contributed by atoms with E-state index in [1.54, 1.807) is 0 Å². The van der Waals surface area contributed by atoms with Crippen LogP contribution in [0.3, 0.4) is 0 Å². The standard InChI is InChI=1S/C12H20N2O2S/c1-2-6-12(11-7-4-3-5-8-11)14-9-10-17(13,15)16/h3-5,7-8,12,14H,2,6,9-10H2,1H3,(H2,13,15,16). The Morgan fingerprint density at radius 1 is 1.29 bits per heavy atom. The number of rotatable bonds is 7. The van der Waals surface area contributed by atoms with E-state index in [-0.39, 0.29) is 11.8 Å². The largest absolute Gasteiger partial charge is 0.309 e. The first-order valence-corrected chi connectivity index (χ1v) is 7.53. The van der Waals surface area contributed by atoms with Gasteiger partial charge in [0.25, 0.3) is 0 Å². The number of primary sulfonamides is 1. The molecule has 0 aliphatic heterocycles. The van der Waals surface area contributed by atoms with Gasteiger partial charge in [0.2, 0.25) is 10.0 Å². The highest BCUT2D eigenvalue weighted by Crippen LogP contribution is 2.17. The molecule has 0 saturated heterocycles. The molecule has 1 unspecified atom stereocenters. The summed E-state index contributed by atoms with van der Waals surface area (Å²) in [7, 11) is -3.38. The third kappa shape index (κ3) is 5.81. The summed E-state index contributed by atoms with van der Waals surface area (Å²) in [5.41, 5.74) is 1.18. The molecule has 0 saturated carbocycles. The van der Waals surface area contributed by atoms with Gasteiger partial charge in [-0.1, -0.05) is 43.7 Å². The van der Waals surface area contributed by atoms with Gasteiger partial charge >= 0.3 is 0 Å². The van der Waals surface area contributed by atoms with E-state index in [0.29, 0.717) is 6.54 Å². The highest BCUT2D eigenvalue weighted by Gasteiger charge is 2.10. The highest BCUT2D eigenvalue weighted by atomic mass is 32.2. The molecule has 0 heterocycles. The fraction of sp³-hybridized carbons (Fsp3) is 0.500. The molecule has 0 aliphatic carbocycles. The van der Waals surface area contributed by atoms with Crippen LogP contribution in [0.1, 0.15) is 31.4 Å². The van der Waals surface area contributed by atoms with E-state index >= 15 is 0 Å². The first kappa shape index (κ1) is 14.2. The molecule has 1 aromatic rings. The van der Waals surface area contributed by atoms with Gasteiger partial charge < -0.3 is 5.32 Å². The zero-order valence-electron chi connectivity index (χ0n) is 10.1. The number of benzene rings is 1. The summed E-state index contributed by atoms with van der Waals surface area (Å²) in [6.07, 6.45) is 2.02. The van der Waals surface area contributed by atoms with Crippen molar-refractivity contribution in [2.75, 3.05) is 12.3 Å². The molecule has 0 aliphatic rings. The summed E-state index contributed by atoms with van der Waals surface area (Å²) in [5, 5.41) is 8.20. The quantitative estimate of drug-likeness (QED) is 0.774. The van der Waals surface area contributed by atoms with Crippen molar-refractivity contribution >= 4 is 10.0 Å². The summed E-state index contributed by atoms with van der Waals surface area (Å²) in [6.45, 7) is 2.50. The second-order valence-corrected chi connectivity index (χ2v) is 5.81. The Morgan fingerprint density at radius 3 is 2.47 bits per heavy atom. The Morgan fingerprint density at radius 2 is 1.94 bits per heavy atom. The molecule has 3 N–H and O–H groups in total. The van der Waals surface area contributed by atoms with Crippen LogP contribution in [0.25, 0.3) is 0 Å². The number of nitrogens with one attached hydrogen (secondary N) is 1. The monoisotopic (exact) mass is 256 g/mol. The second-order valence-electron chi connectivity index (χ2n) is 4.07. The summed E-state index contributed by atoms with van der Waals surface area (Å²) in [6, 6.07) is 10.2. The van der Waals surface area contributed by atoms with E-state index in [4.69, 9.17) is 5.14 Å². The molecule has 1 rings (SSSR count). The van der Waals surface area contributed by atoms with Gasteiger partial charge in [0.1, 0.15) is 0 Å². The van der Waals surface area contributed by atoms with Crippen molar-refractivity contribution in [3.05, 3.63) is 35.9 Å².